The molecular formula is C17H31N3O2. The van der Waals surface area contributed by atoms with E-state index in [1.807, 2.05) is 0 Å². The smallest absolute Gasteiger partial charge is 0.222 e. The minimum absolute atomic E-state index is 0.376. The van der Waals surface area contributed by atoms with Crippen LogP contribution in [0.25, 0.3) is 0 Å². The maximum Gasteiger partial charge on any atom is 0.222 e. The molecule has 1 amide bonds. The Morgan fingerprint density at radius 2 is 1.91 bits per heavy atom. The van der Waals surface area contributed by atoms with Gasteiger partial charge in [0.2, 0.25) is 5.91 Å². The van der Waals surface area contributed by atoms with Gasteiger partial charge in [0.05, 0.1) is 13.2 Å². The molecule has 1 N–H and O–H groups in total. The predicted octanol–water partition coefficient (Wildman–Crippen LogP) is 0.945. The molecule has 2 atom stereocenters. The fraction of sp³-hybridized carbons (Fsp3) is 0.941. The van der Waals surface area contributed by atoms with Crippen LogP contribution in [0.3, 0.4) is 0 Å². The normalized spacial score (nSPS) is 31.6. The third-order valence-electron chi connectivity index (χ3n) is 5.67. The molecule has 0 aliphatic carbocycles. The SMILES string of the molecule is CC1CN(C(=O)CCC2CCNCC2)CC1N1CCOCC1. The van der Waals surface area contributed by atoms with Crippen molar-refractivity contribution in [1.82, 2.24) is 15.1 Å². The Balaban J connectivity index is 1.44. The van der Waals surface area contributed by atoms with E-state index in [2.05, 4.69) is 22.0 Å². The molecule has 126 valence electrons. The molecule has 0 saturated carbocycles. The minimum Gasteiger partial charge on any atom is -0.379 e. The summed E-state index contributed by atoms with van der Waals surface area (Å²) in [7, 11) is 0. The fourth-order valence-electron chi connectivity index (χ4n) is 4.19. The Labute approximate surface area is 134 Å². The number of nitrogens with one attached hydrogen (secondary N) is 1. The van der Waals surface area contributed by atoms with E-state index in [0.29, 0.717) is 17.9 Å². The molecule has 0 aromatic rings. The number of carbonyl (C=O) groups excluding carboxylic acids is 1. The lowest BCUT2D eigenvalue weighted by molar-refractivity contribution is -0.130. The molecule has 0 radical (unpaired) electrons. The van der Waals surface area contributed by atoms with Gasteiger partial charge in [0, 0.05) is 38.6 Å². The molecule has 5 nitrogen and oxygen atoms in total. The van der Waals surface area contributed by atoms with Crippen molar-refractivity contribution in [3.8, 4) is 0 Å². The fourth-order valence-corrected chi connectivity index (χ4v) is 4.19. The summed E-state index contributed by atoms with van der Waals surface area (Å²) in [5.41, 5.74) is 0. The van der Waals surface area contributed by atoms with E-state index in [1.165, 1.54) is 12.8 Å². The van der Waals surface area contributed by atoms with Crippen molar-refractivity contribution >= 4 is 5.91 Å². The van der Waals surface area contributed by atoms with Crippen LogP contribution in [0.1, 0.15) is 32.6 Å². The van der Waals surface area contributed by atoms with Gasteiger partial charge >= 0.3 is 0 Å². The average molecular weight is 309 g/mol. The number of ether oxygens (including phenoxy) is 1. The quantitative estimate of drug-likeness (QED) is 0.840. The number of piperidine rings is 1. The lowest BCUT2D eigenvalue weighted by atomic mass is 9.93. The van der Waals surface area contributed by atoms with E-state index in [0.717, 1.165) is 71.2 Å². The van der Waals surface area contributed by atoms with E-state index in [9.17, 15) is 4.79 Å². The van der Waals surface area contributed by atoms with Crippen LogP contribution in [0.4, 0.5) is 0 Å². The van der Waals surface area contributed by atoms with Crippen LogP contribution in [-0.4, -0.2) is 74.2 Å². The molecule has 0 aromatic carbocycles. The second kappa shape index (κ2) is 7.75. The molecule has 0 aromatic heterocycles. The molecule has 0 bridgehead atoms. The standard InChI is InChI=1S/C17H31N3O2/c1-14-12-20(13-16(14)19-8-10-22-11-9-19)17(21)3-2-15-4-6-18-7-5-15/h14-16,18H,2-13H2,1H3. The van der Waals surface area contributed by atoms with Crippen LogP contribution in [0.5, 0.6) is 0 Å². The van der Waals surface area contributed by atoms with E-state index in [1.54, 1.807) is 0 Å². The number of likely N-dealkylation sites (tertiary alicyclic amines) is 1. The van der Waals surface area contributed by atoms with Gasteiger partial charge in [-0.3, -0.25) is 9.69 Å². The topological polar surface area (TPSA) is 44.8 Å². The van der Waals surface area contributed by atoms with Crippen molar-refractivity contribution in [2.45, 2.75) is 38.6 Å². The van der Waals surface area contributed by atoms with Crippen LogP contribution in [-0.2, 0) is 9.53 Å². The molecule has 3 heterocycles. The van der Waals surface area contributed by atoms with Gasteiger partial charge in [-0.25, -0.2) is 0 Å². The van der Waals surface area contributed by atoms with Gasteiger partial charge in [0.25, 0.3) is 0 Å². The minimum atomic E-state index is 0.376. The molecule has 3 fully saturated rings. The van der Waals surface area contributed by atoms with Crippen molar-refractivity contribution in [3.05, 3.63) is 0 Å². The monoisotopic (exact) mass is 309 g/mol. The summed E-state index contributed by atoms with van der Waals surface area (Å²) < 4.78 is 5.45. The van der Waals surface area contributed by atoms with Crippen LogP contribution in [0, 0.1) is 11.8 Å². The highest BCUT2D eigenvalue weighted by atomic mass is 16.5. The van der Waals surface area contributed by atoms with Crippen LogP contribution in [0.15, 0.2) is 0 Å². The highest BCUT2D eigenvalue weighted by molar-refractivity contribution is 5.76. The van der Waals surface area contributed by atoms with Gasteiger partial charge in [-0.15, -0.1) is 0 Å². The Hall–Kier alpha value is -0.650. The highest BCUT2D eigenvalue weighted by Crippen LogP contribution is 2.25. The van der Waals surface area contributed by atoms with E-state index >= 15 is 0 Å². The van der Waals surface area contributed by atoms with Gasteiger partial charge in [-0.05, 0) is 44.2 Å². The summed E-state index contributed by atoms with van der Waals surface area (Å²) in [6, 6.07) is 0.534. The van der Waals surface area contributed by atoms with Crippen molar-refractivity contribution in [2.24, 2.45) is 11.8 Å². The van der Waals surface area contributed by atoms with Crippen molar-refractivity contribution in [1.29, 1.82) is 0 Å². The summed E-state index contributed by atoms with van der Waals surface area (Å²) in [5, 5.41) is 3.39. The number of hydrogen-bond donors (Lipinski definition) is 1. The first-order valence-electron chi connectivity index (χ1n) is 9.04. The highest BCUT2D eigenvalue weighted by Gasteiger charge is 2.36. The maximum absolute atomic E-state index is 12.5. The number of carbonyl (C=O) groups is 1. The molecule has 3 aliphatic rings. The number of nitrogens with zero attached hydrogens (tertiary/aromatic N) is 2. The lowest BCUT2D eigenvalue weighted by Gasteiger charge is -2.34. The zero-order chi connectivity index (χ0) is 15.4. The van der Waals surface area contributed by atoms with E-state index in [4.69, 9.17) is 4.74 Å². The van der Waals surface area contributed by atoms with Crippen molar-refractivity contribution < 1.29 is 9.53 Å². The van der Waals surface area contributed by atoms with Gasteiger partial charge in [0.1, 0.15) is 0 Å². The maximum atomic E-state index is 12.5. The summed E-state index contributed by atoms with van der Waals surface area (Å²) in [4.78, 5) is 17.2. The molecule has 0 spiro atoms. The summed E-state index contributed by atoms with van der Waals surface area (Å²) >= 11 is 0. The third kappa shape index (κ3) is 4.00. The number of morpholine rings is 1. The Morgan fingerprint density at radius 3 is 2.64 bits per heavy atom. The summed E-state index contributed by atoms with van der Waals surface area (Å²) in [6.45, 7) is 10.1. The zero-order valence-corrected chi connectivity index (χ0v) is 13.9. The number of hydrogen-bond acceptors (Lipinski definition) is 4. The Bertz CT molecular complexity index is 365. The average Bonchev–Trinajstić information content (AvgIpc) is 2.96. The Morgan fingerprint density at radius 1 is 1.18 bits per heavy atom. The molecule has 2 unspecified atom stereocenters. The van der Waals surface area contributed by atoms with Crippen molar-refractivity contribution in [2.75, 3.05) is 52.5 Å². The van der Waals surface area contributed by atoms with Gasteiger partial charge in [-0.2, -0.15) is 0 Å². The van der Waals surface area contributed by atoms with E-state index < -0.39 is 0 Å². The van der Waals surface area contributed by atoms with Gasteiger partial charge < -0.3 is 15.0 Å². The first-order chi connectivity index (χ1) is 10.7. The molecule has 3 aliphatic heterocycles. The predicted molar refractivity (Wildman–Crippen MR) is 86.8 cm³/mol. The summed E-state index contributed by atoms with van der Waals surface area (Å²) in [5.74, 6) is 1.71. The lowest BCUT2D eigenvalue weighted by Crippen LogP contribution is -2.47. The second-order valence-electron chi connectivity index (χ2n) is 7.22. The first-order valence-corrected chi connectivity index (χ1v) is 9.04. The number of amides is 1. The number of rotatable bonds is 4. The zero-order valence-electron chi connectivity index (χ0n) is 13.9. The largest absolute Gasteiger partial charge is 0.379 e. The van der Waals surface area contributed by atoms with Crippen molar-refractivity contribution in [3.63, 3.8) is 0 Å². The molecule has 22 heavy (non-hydrogen) atoms. The van der Waals surface area contributed by atoms with Crippen LogP contribution < -0.4 is 5.32 Å². The second-order valence-corrected chi connectivity index (χ2v) is 7.22. The van der Waals surface area contributed by atoms with Crippen LogP contribution in [0.2, 0.25) is 0 Å². The van der Waals surface area contributed by atoms with Gasteiger partial charge in [-0.1, -0.05) is 6.92 Å². The molecule has 3 rings (SSSR count). The molecule has 3 saturated heterocycles. The van der Waals surface area contributed by atoms with E-state index in [-0.39, 0.29) is 0 Å². The first kappa shape index (κ1) is 16.2. The Kier molecular flexibility index (Phi) is 5.71. The summed E-state index contributed by atoms with van der Waals surface area (Å²) in [6.07, 6.45) is 4.29. The third-order valence-corrected chi connectivity index (χ3v) is 5.67. The van der Waals surface area contributed by atoms with Crippen LogP contribution >= 0.6 is 0 Å². The molecule has 5 heteroatoms. The molecular weight excluding hydrogens is 278 g/mol. The van der Waals surface area contributed by atoms with Gasteiger partial charge in [0.15, 0.2) is 0 Å².